The molecule has 0 bridgehead atoms. The van der Waals surface area contributed by atoms with E-state index in [2.05, 4.69) is 32.9 Å². The summed E-state index contributed by atoms with van der Waals surface area (Å²) in [5, 5.41) is 9.75. The Bertz CT molecular complexity index is 478. The molecule has 2 nitrogen and oxygen atoms in total. The van der Waals surface area contributed by atoms with Crippen LogP contribution in [0.25, 0.3) is 0 Å². The number of aryl methyl sites for hydroxylation is 1. The molecule has 0 radical (unpaired) electrons. The Labute approximate surface area is 132 Å². The van der Waals surface area contributed by atoms with Crippen LogP contribution in [-0.4, -0.2) is 15.8 Å². The van der Waals surface area contributed by atoms with E-state index in [4.69, 9.17) is 0 Å². The van der Waals surface area contributed by atoms with Gasteiger partial charge >= 0.3 is 5.97 Å². The Morgan fingerprint density at radius 2 is 1.67 bits per heavy atom. The largest absolute Gasteiger partial charge is 0.480 e. The molecule has 1 aliphatic carbocycles. The highest BCUT2D eigenvalue weighted by molar-refractivity contribution is 8.01. The summed E-state index contributed by atoms with van der Waals surface area (Å²) in [6.45, 7) is 6.45. The lowest BCUT2D eigenvalue weighted by Gasteiger charge is -2.54. The monoisotopic (exact) mass is 306 g/mol. The third-order valence-corrected chi connectivity index (χ3v) is 5.97. The Morgan fingerprint density at radius 3 is 2.10 bits per heavy atom. The van der Waals surface area contributed by atoms with Crippen molar-refractivity contribution in [2.24, 2.45) is 5.41 Å². The van der Waals surface area contributed by atoms with Crippen LogP contribution in [0.5, 0.6) is 0 Å². The van der Waals surface area contributed by atoms with E-state index >= 15 is 0 Å². The molecule has 1 aromatic rings. The molecular weight excluding hydrogens is 280 g/mol. The Hall–Kier alpha value is -0.960. The predicted octanol–water partition coefficient (Wildman–Crippen LogP) is 5.29. The van der Waals surface area contributed by atoms with E-state index in [1.807, 2.05) is 12.1 Å². The van der Waals surface area contributed by atoms with Crippen LogP contribution in [0.1, 0.15) is 57.9 Å². The number of thioether (sulfide) groups is 1. The summed E-state index contributed by atoms with van der Waals surface area (Å²) in [6, 6.07) is 8.21. The standard InChI is InChI=1S/C18H26O2S/c1-4-10-17(11-5-2)12-18(13-17,16(19)20)21-15-8-6-14(3)7-9-15/h6-9H,4-5,10-13H2,1-3H3,(H,19,20). The molecule has 0 aliphatic heterocycles. The van der Waals surface area contributed by atoms with E-state index in [0.717, 1.165) is 43.4 Å². The first-order valence-corrected chi connectivity index (χ1v) is 8.76. The number of hydrogen-bond acceptors (Lipinski definition) is 2. The molecular formula is C18H26O2S. The van der Waals surface area contributed by atoms with Crippen LogP contribution in [0.3, 0.4) is 0 Å². The van der Waals surface area contributed by atoms with Crippen LogP contribution in [0.2, 0.25) is 0 Å². The molecule has 0 spiro atoms. The maximum absolute atomic E-state index is 11.9. The molecule has 3 heteroatoms. The van der Waals surface area contributed by atoms with E-state index in [1.54, 1.807) is 11.8 Å². The van der Waals surface area contributed by atoms with Crippen molar-refractivity contribution in [1.82, 2.24) is 0 Å². The normalized spacial score (nSPS) is 19.0. The third kappa shape index (κ3) is 3.45. The summed E-state index contributed by atoms with van der Waals surface area (Å²) in [4.78, 5) is 12.9. The number of rotatable bonds is 7. The predicted molar refractivity (Wildman–Crippen MR) is 88.9 cm³/mol. The third-order valence-electron chi connectivity index (χ3n) is 4.61. The van der Waals surface area contributed by atoms with E-state index < -0.39 is 10.7 Å². The quantitative estimate of drug-likeness (QED) is 0.743. The van der Waals surface area contributed by atoms with Crippen molar-refractivity contribution in [3.63, 3.8) is 0 Å². The lowest BCUT2D eigenvalue weighted by Crippen LogP contribution is -2.54. The molecule has 0 heterocycles. The van der Waals surface area contributed by atoms with Crippen LogP contribution >= 0.6 is 11.8 Å². The summed E-state index contributed by atoms with van der Waals surface area (Å²) >= 11 is 1.55. The van der Waals surface area contributed by atoms with Gasteiger partial charge in [-0.1, -0.05) is 44.4 Å². The minimum Gasteiger partial charge on any atom is -0.480 e. The second-order valence-corrected chi connectivity index (χ2v) is 8.03. The average molecular weight is 306 g/mol. The summed E-state index contributed by atoms with van der Waals surface area (Å²) in [6.07, 6.45) is 6.23. The molecule has 0 atom stereocenters. The number of carboxylic acid groups (broad SMARTS) is 1. The zero-order valence-electron chi connectivity index (χ0n) is 13.3. The van der Waals surface area contributed by atoms with Gasteiger partial charge in [0.25, 0.3) is 0 Å². The lowest BCUT2D eigenvalue weighted by atomic mass is 9.57. The van der Waals surface area contributed by atoms with Gasteiger partial charge in [-0.15, -0.1) is 11.8 Å². The first kappa shape index (κ1) is 16.4. The molecule has 1 aromatic carbocycles. The summed E-state index contributed by atoms with van der Waals surface area (Å²) in [5.41, 5.74) is 1.48. The van der Waals surface area contributed by atoms with Gasteiger partial charge in [0.2, 0.25) is 0 Å². The summed E-state index contributed by atoms with van der Waals surface area (Å²) < 4.78 is -0.612. The van der Waals surface area contributed by atoms with Crippen molar-refractivity contribution in [2.45, 2.75) is 68.9 Å². The van der Waals surface area contributed by atoms with Crippen molar-refractivity contribution in [2.75, 3.05) is 0 Å². The lowest BCUT2D eigenvalue weighted by molar-refractivity contribution is -0.147. The first-order chi connectivity index (χ1) is 9.95. The molecule has 1 fully saturated rings. The summed E-state index contributed by atoms with van der Waals surface area (Å²) in [7, 11) is 0. The fraction of sp³-hybridized carbons (Fsp3) is 0.611. The van der Waals surface area contributed by atoms with Crippen molar-refractivity contribution >= 4 is 17.7 Å². The number of carbonyl (C=O) groups is 1. The van der Waals surface area contributed by atoms with Gasteiger partial charge < -0.3 is 5.11 Å². The maximum Gasteiger partial charge on any atom is 0.320 e. The average Bonchev–Trinajstić information content (AvgIpc) is 2.39. The van der Waals surface area contributed by atoms with Gasteiger partial charge in [0.15, 0.2) is 0 Å². The van der Waals surface area contributed by atoms with Crippen LogP contribution in [0.15, 0.2) is 29.2 Å². The van der Waals surface area contributed by atoms with Gasteiger partial charge in [0.1, 0.15) is 4.75 Å². The Morgan fingerprint density at radius 1 is 1.14 bits per heavy atom. The molecule has 0 saturated heterocycles. The van der Waals surface area contributed by atoms with Gasteiger partial charge in [-0.2, -0.15) is 0 Å². The highest BCUT2D eigenvalue weighted by Crippen LogP contribution is 2.61. The Kier molecular flexibility index (Phi) is 5.03. The van der Waals surface area contributed by atoms with Crippen molar-refractivity contribution in [1.29, 1.82) is 0 Å². The SMILES string of the molecule is CCCC1(CCC)CC(Sc2ccc(C)cc2)(C(=O)O)C1. The molecule has 2 rings (SSSR count). The Balaban J connectivity index is 2.13. The molecule has 21 heavy (non-hydrogen) atoms. The number of aliphatic carboxylic acids is 1. The fourth-order valence-electron chi connectivity index (χ4n) is 3.80. The zero-order chi connectivity index (χ0) is 15.5. The van der Waals surface area contributed by atoms with Crippen molar-refractivity contribution in [3.05, 3.63) is 29.8 Å². The fourth-order valence-corrected chi connectivity index (χ4v) is 5.37. The van der Waals surface area contributed by atoms with Crippen LogP contribution < -0.4 is 0 Å². The van der Waals surface area contributed by atoms with E-state index in [9.17, 15) is 9.90 Å². The van der Waals surface area contributed by atoms with Crippen molar-refractivity contribution < 1.29 is 9.90 Å². The second kappa shape index (κ2) is 6.43. The number of hydrogen-bond donors (Lipinski definition) is 1. The minimum absolute atomic E-state index is 0.263. The highest BCUT2D eigenvalue weighted by atomic mass is 32.2. The van der Waals surface area contributed by atoms with Gasteiger partial charge in [-0.05, 0) is 50.2 Å². The molecule has 1 aliphatic rings. The van der Waals surface area contributed by atoms with Gasteiger partial charge in [-0.25, -0.2) is 0 Å². The number of carboxylic acids is 1. The molecule has 1 saturated carbocycles. The van der Waals surface area contributed by atoms with E-state index in [-0.39, 0.29) is 5.41 Å². The summed E-state index contributed by atoms with van der Waals surface area (Å²) in [5.74, 6) is -0.643. The van der Waals surface area contributed by atoms with Crippen LogP contribution in [0.4, 0.5) is 0 Å². The molecule has 1 N–H and O–H groups in total. The second-order valence-electron chi connectivity index (χ2n) is 6.57. The van der Waals surface area contributed by atoms with Crippen LogP contribution in [0, 0.1) is 12.3 Å². The first-order valence-electron chi connectivity index (χ1n) is 7.94. The molecule has 0 unspecified atom stereocenters. The van der Waals surface area contributed by atoms with Gasteiger partial charge in [-0.3, -0.25) is 4.79 Å². The molecule has 0 aromatic heterocycles. The van der Waals surface area contributed by atoms with Crippen LogP contribution in [-0.2, 0) is 4.79 Å². The highest BCUT2D eigenvalue weighted by Gasteiger charge is 2.58. The minimum atomic E-state index is -0.643. The number of benzene rings is 1. The molecule has 0 amide bonds. The molecule has 116 valence electrons. The van der Waals surface area contributed by atoms with E-state index in [1.165, 1.54) is 5.56 Å². The van der Waals surface area contributed by atoms with E-state index in [0.29, 0.717) is 0 Å². The topological polar surface area (TPSA) is 37.3 Å². The van der Waals surface area contributed by atoms with Gasteiger partial charge in [0.05, 0.1) is 0 Å². The smallest absolute Gasteiger partial charge is 0.320 e. The maximum atomic E-state index is 11.9. The van der Waals surface area contributed by atoms with Crippen molar-refractivity contribution in [3.8, 4) is 0 Å². The zero-order valence-corrected chi connectivity index (χ0v) is 14.1. The van der Waals surface area contributed by atoms with Gasteiger partial charge in [0, 0.05) is 4.90 Å².